The molecule has 8 heteroatoms. The predicted octanol–water partition coefficient (Wildman–Crippen LogP) is -9.94. The molecule has 0 aromatic carbocycles. The Balaban J connectivity index is -0.000000720. The summed E-state index contributed by atoms with van der Waals surface area (Å²) in [7, 11) is 0. The minimum Gasteiger partial charge on any atom is -0.549 e. The molecule has 0 bridgehead atoms. The van der Waals surface area contributed by atoms with Crippen LogP contribution in [0.25, 0.3) is 0 Å². The van der Waals surface area contributed by atoms with E-state index in [0.29, 0.717) is 19.5 Å². The number of aliphatic carboxylic acids is 2. The van der Waals surface area contributed by atoms with E-state index in [-0.39, 0.29) is 72.2 Å². The first-order valence-electron chi connectivity index (χ1n) is 3.94. The van der Waals surface area contributed by atoms with Crippen molar-refractivity contribution in [1.29, 1.82) is 0 Å². The minimum atomic E-state index is -1.15. The van der Waals surface area contributed by atoms with Gasteiger partial charge in [-0.25, -0.2) is 0 Å². The van der Waals surface area contributed by atoms with Crippen LogP contribution in [0.1, 0.15) is 6.42 Å². The zero-order chi connectivity index (χ0) is 10.1. The van der Waals surface area contributed by atoms with Gasteiger partial charge in [0.25, 0.3) is 0 Å². The van der Waals surface area contributed by atoms with Gasteiger partial charge in [0.1, 0.15) is 0 Å². The Hall–Kier alpha value is 0.860. The Morgan fingerprint density at radius 1 is 0.867 bits per heavy atom. The summed E-state index contributed by atoms with van der Waals surface area (Å²) in [6.07, 6.45) is 0.653. The maximum Gasteiger partial charge on any atom is 1.00 e. The van der Waals surface area contributed by atoms with Gasteiger partial charge in [0.05, 0.1) is 11.9 Å². The maximum absolute atomic E-state index is 9.90. The van der Waals surface area contributed by atoms with E-state index in [1.54, 1.807) is 0 Å². The minimum absolute atomic E-state index is 0. The van der Waals surface area contributed by atoms with Crippen LogP contribution in [0.2, 0.25) is 0 Å². The van der Waals surface area contributed by atoms with Crippen LogP contribution in [-0.2, 0) is 9.59 Å². The van der Waals surface area contributed by atoms with Crippen molar-refractivity contribution in [1.82, 2.24) is 10.6 Å². The van der Waals surface area contributed by atoms with Crippen molar-refractivity contribution in [3.63, 3.8) is 0 Å². The van der Waals surface area contributed by atoms with Crippen molar-refractivity contribution in [2.75, 3.05) is 26.2 Å². The standard InChI is InChI=1S/C7H14N2O4.2Na/c10-6(11)4-8-2-1-3-9-5-7(12)13;;/h8-9H,1-5H2,(H,10,11)(H,12,13);;/q;2*+1/p-2. The summed E-state index contributed by atoms with van der Waals surface area (Å²) in [5.74, 6) is -2.30. The van der Waals surface area contributed by atoms with Gasteiger partial charge in [0.15, 0.2) is 0 Å². The largest absolute Gasteiger partial charge is 1.00 e. The van der Waals surface area contributed by atoms with Gasteiger partial charge in [-0.05, 0) is 19.5 Å². The SMILES string of the molecule is O=C([O-])CNCCCNCC(=O)[O-].[Na+].[Na+]. The number of hydrogen-bond acceptors (Lipinski definition) is 6. The molecular formula is C7H12N2Na2O4. The molecule has 0 spiro atoms. The summed E-state index contributed by atoms with van der Waals surface area (Å²) in [5.41, 5.74) is 0. The molecule has 0 unspecified atom stereocenters. The second kappa shape index (κ2) is 14.9. The maximum atomic E-state index is 9.90. The first-order valence-corrected chi connectivity index (χ1v) is 3.94. The summed E-state index contributed by atoms with van der Waals surface area (Å²) in [4.78, 5) is 19.8. The van der Waals surface area contributed by atoms with Crippen LogP contribution in [0.5, 0.6) is 0 Å². The molecule has 0 saturated carbocycles. The first kappa shape index (κ1) is 21.2. The number of carbonyl (C=O) groups excluding carboxylic acids is 2. The topological polar surface area (TPSA) is 104 Å². The number of nitrogens with one attached hydrogen (secondary N) is 2. The molecule has 0 fully saturated rings. The smallest absolute Gasteiger partial charge is 0.549 e. The molecule has 15 heavy (non-hydrogen) atoms. The van der Waals surface area contributed by atoms with Crippen LogP contribution in [-0.4, -0.2) is 38.1 Å². The Bertz CT molecular complexity index is 162. The van der Waals surface area contributed by atoms with Crippen molar-refractivity contribution in [3.8, 4) is 0 Å². The molecule has 0 aromatic heterocycles. The van der Waals surface area contributed by atoms with Gasteiger partial charge in [0, 0.05) is 13.1 Å². The predicted molar refractivity (Wildman–Crippen MR) is 40.4 cm³/mol. The molecule has 2 N–H and O–H groups in total. The van der Waals surface area contributed by atoms with Gasteiger partial charge >= 0.3 is 59.1 Å². The van der Waals surface area contributed by atoms with E-state index in [1.807, 2.05) is 0 Å². The van der Waals surface area contributed by atoms with Crippen LogP contribution in [0.15, 0.2) is 0 Å². The number of carboxylic acid groups (broad SMARTS) is 2. The zero-order valence-electron chi connectivity index (χ0n) is 9.17. The zero-order valence-corrected chi connectivity index (χ0v) is 13.2. The van der Waals surface area contributed by atoms with Gasteiger partial charge in [-0.15, -0.1) is 0 Å². The second-order valence-electron chi connectivity index (χ2n) is 2.45. The third-order valence-corrected chi connectivity index (χ3v) is 1.25. The fraction of sp³-hybridized carbons (Fsp3) is 0.714. The van der Waals surface area contributed by atoms with Crippen molar-refractivity contribution >= 4 is 11.9 Å². The van der Waals surface area contributed by atoms with Gasteiger partial charge < -0.3 is 30.4 Å². The second-order valence-corrected chi connectivity index (χ2v) is 2.45. The van der Waals surface area contributed by atoms with Crippen LogP contribution in [0.4, 0.5) is 0 Å². The monoisotopic (exact) mass is 234 g/mol. The summed E-state index contributed by atoms with van der Waals surface area (Å²) in [6, 6.07) is 0. The summed E-state index contributed by atoms with van der Waals surface area (Å²) >= 11 is 0. The van der Waals surface area contributed by atoms with E-state index in [4.69, 9.17) is 0 Å². The van der Waals surface area contributed by atoms with Crippen LogP contribution >= 0.6 is 0 Å². The first-order chi connectivity index (χ1) is 6.13. The Morgan fingerprint density at radius 3 is 1.47 bits per heavy atom. The molecule has 0 amide bonds. The molecule has 6 nitrogen and oxygen atoms in total. The van der Waals surface area contributed by atoms with Crippen LogP contribution < -0.4 is 80.0 Å². The van der Waals surface area contributed by atoms with Gasteiger partial charge in [-0.1, -0.05) is 0 Å². The normalized spacial score (nSPS) is 8.53. The molecule has 0 atom stereocenters. The Labute approximate surface area is 133 Å². The van der Waals surface area contributed by atoms with E-state index in [2.05, 4.69) is 10.6 Å². The quantitative estimate of drug-likeness (QED) is 0.319. The Kier molecular flexibility index (Phi) is 21.0. The molecule has 0 heterocycles. The molecule has 76 valence electrons. The van der Waals surface area contributed by atoms with Gasteiger partial charge in [-0.2, -0.15) is 0 Å². The Morgan fingerprint density at radius 2 is 1.20 bits per heavy atom. The summed E-state index contributed by atoms with van der Waals surface area (Å²) < 4.78 is 0. The third-order valence-electron chi connectivity index (χ3n) is 1.25. The molecule has 0 aliphatic heterocycles. The molecule has 0 aromatic rings. The van der Waals surface area contributed by atoms with Crippen molar-refractivity contribution in [2.24, 2.45) is 0 Å². The number of carbonyl (C=O) groups is 2. The number of hydrogen-bond donors (Lipinski definition) is 2. The fourth-order valence-electron chi connectivity index (χ4n) is 0.719. The molecule has 0 aliphatic rings. The number of rotatable bonds is 8. The van der Waals surface area contributed by atoms with Crippen LogP contribution in [0, 0.1) is 0 Å². The van der Waals surface area contributed by atoms with Crippen molar-refractivity contribution in [3.05, 3.63) is 0 Å². The molecule has 0 aliphatic carbocycles. The molecule has 0 radical (unpaired) electrons. The van der Waals surface area contributed by atoms with E-state index >= 15 is 0 Å². The van der Waals surface area contributed by atoms with Gasteiger partial charge in [0.2, 0.25) is 0 Å². The van der Waals surface area contributed by atoms with E-state index in [9.17, 15) is 19.8 Å². The van der Waals surface area contributed by atoms with E-state index in [1.165, 1.54) is 0 Å². The molecular weight excluding hydrogens is 222 g/mol. The average molecular weight is 234 g/mol. The van der Waals surface area contributed by atoms with E-state index in [0.717, 1.165) is 0 Å². The van der Waals surface area contributed by atoms with E-state index < -0.39 is 11.9 Å². The molecule has 0 rings (SSSR count). The summed E-state index contributed by atoms with van der Waals surface area (Å²) in [6.45, 7) is 0.656. The molecule has 0 saturated heterocycles. The fourth-order valence-corrected chi connectivity index (χ4v) is 0.719. The average Bonchev–Trinajstić information content (AvgIpc) is 2.01. The third kappa shape index (κ3) is 20.8. The van der Waals surface area contributed by atoms with Gasteiger partial charge in [-0.3, -0.25) is 0 Å². The number of carboxylic acids is 2. The van der Waals surface area contributed by atoms with Crippen molar-refractivity contribution < 1.29 is 78.9 Å². The van der Waals surface area contributed by atoms with Crippen molar-refractivity contribution in [2.45, 2.75) is 6.42 Å². The van der Waals surface area contributed by atoms with Crippen LogP contribution in [0.3, 0.4) is 0 Å². The summed E-state index contributed by atoms with van der Waals surface area (Å²) in [5, 5.41) is 25.0.